The minimum Gasteiger partial charge on any atom is -0.395 e. The molecule has 1 rings (SSSR count). The third-order valence-electron chi connectivity index (χ3n) is 2.42. The molecule has 16 heavy (non-hydrogen) atoms. The molecular weight excluding hydrogens is 230 g/mol. The highest BCUT2D eigenvalue weighted by Crippen LogP contribution is 2.14. The maximum Gasteiger partial charge on any atom is 0.138 e. The van der Waals surface area contributed by atoms with E-state index in [0.29, 0.717) is 13.1 Å². The van der Waals surface area contributed by atoms with Gasteiger partial charge in [0.2, 0.25) is 0 Å². The second kappa shape index (κ2) is 7.62. The van der Waals surface area contributed by atoms with Gasteiger partial charge in [0.1, 0.15) is 5.76 Å². The van der Waals surface area contributed by atoms with Gasteiger partial charge >= 0.3 is 0 Å². The molecule has 0 aromatic carbocycles. The second-order valence-corrected chi connectivity index (χ2v) is 3.59. The van der Waals surface area contributed by atoms with E-state index in [-0.39, 0.29) is 19.0 Å². The maximum atomic E-state index is 8.91. The average Bonchev–Trinajstić information content (AvgIpc) is 2.50. The molecule has 0 aliphatic rings. The molecule has 0 aliphatic carbocycles. The Labute approximate surface area is 102 Å². The van der Waals surface area contributed by atoms with Gasteiger partial charge in [-0.2, -0.15) is 0 Å². The van der Waals surface area contributed by atoms with Crippen molar-refractivity contribution in [3.8, 4) is 0 Å². The lowest BCUT2D eigenvalue weighted by atomic mass is 10.2. The SMILES string of the molecule is Cc1noc(C)c1CN(CCN)CCO.Cl. The Morgan fingerprint density at radius 2 is 2.06 bits per heavy atom. The highest BCUT2D eigenvalue weighted by Gasteiger charge is 2.12. The van der Waals surface area contributed by atoms with E-state index in [1.54, 1.807) is 0 Å². The Morgan fingerprint density at radius 1 is 1.38 bits per heavy atom. The van der Waals surface area contributed by atoms with E-state index in [4.69, 9.17) is 15.4 Å². The Morgan fingerprint density at radius 3 is 2.50 bits per heavy atom. The maximum absolute atomic E-state index is 8.91. The van der Waals surface area contributed by atoms with Gasteiger partial charge in [-0.25, -0.2) is 0 Å². The number of aromatic nitrogens is 1. The van der Waals surface area contributed by atoms with Gasteiger partial charge in [-0.05, 0) is 13.8 Å². The summed E-state index contributed by atoms with van der Waals surface area (Å²) in [7, 11) is 0. The minimum absolute atomic E-state index is 0. The molecule has 0 unspecified atom stereocenters. The van der Waals surface area contributed by atoms with Crippen molar-refractivity contribution in [1.29, 1.82) is 0 Å². The third-order valence-corrected chi connectivity index (χ3v) is 2.42. The summed E-state index contributed by atoms with van der Waals surface area (Å²) in [5, 5.41) is 12.8. The summed E-state index contributed by atoms with van der Waals surface area (Å²) in [6.45, 7) is 6.68. The van der Waals surface area contributed by atoms with Crippen LogP contribution in [0, 0.1) is 13.8 Å². The van der Waals surface area contributed by atoms with Gasteiger partial charge in [-0.1, -0.05) is 5.16 Å². The predicted molar refractivity (Wildman–Crippen MR) is 64.6 cm³/mol. The standard InChI is InChI=1S/C10H19N3O2.ClH/c1-8-10(9(2)15-12-8)7-13(4-3-11)5-6-14;/h14H,3-7,11H2,1-2H3;1H. The van der Waals surface area contributed by atoms with E-state index >= 15 is 0 Å². The Hall–Kier alpha value is -0.620. The van der Waals surface area contributed by atoms with E-state index in [0.717, 1.165) is 30.1 Å². The molecule has 0 atom stereocenters. The summed E-state index contributed by atoms with van der Waals surface area (Å²) in [5.41, 5.74) is 7.51. The summed E-state index contributed by atoms with van der Waals surface area (Å²) >= 11 is 0. The molecule has 0 aliphatic heterocycles. The lowest BCUT2D eigenvalue weighted by Gasteiger charge is -2.19. The van der Waals surface area contributed by atoms with Crippen LogP contribution < -0.4 is 5.73 Å². The van der Waals surface area contributed by atoms with Crippen LogP contribution in [0.15, 0.2) is 4.52 Å². The molecule has 0 amide bonds. The number of nitrogens with two attached hydrogens (primary N) is 1. The molecule has 6 heteroatoms. The Kier molecular flexibility index (Phi) is 7.33. The van der Waals surface area contributed by atoms with Crippen LogP contribution in [0.25, 0.3) is 0 Å². The molecule has 3 N–H and O–H groups in total. The molecule has 94 valence electrons. The first-order valence-electron chi connectivity index (χ1n) is 5.14. The van der Waals surface area contributed by atoms with Crippen LogP contribution in [0.3, 0.4) is 0 Å². The molecule has 0 fully saturated rings. The van der Waals surface area contributed by atoms with Gasteiger partial charge < -0.3 is 15.4 Å². The van der Waals surface area contributed by atoms with Crippen molar-refractivity contribution in [2.75, 3.05) is 26.2 Å². The normalized spacial score (nSPS) is 10.6. The number of halogens is 1. The highest BCUT2D eigenvalue weighted by molar-refractivity contribution is 5.85. The van der Waals surface area contributed by atoms with Crippen molar-refractivity contribution in [3.63, 3.8) is 0 Å². The van der Waals surface area contributed by atoms with Gasteiger partial charge in [0.05, 0.1) is 12.3 Å². The smallest absolute Gasteiger partial charge is 0.138 e. The van der Waals surface area contributed by atoms with E-state index in [1.165, 1.54) is 0 Å². The van der Waals surface area contributed by atoms with E-state index < -0.39 is 0 Å². The lowest BCUT2D eigenvalue weighted by molar-refractivity contribution is 0.193. The number of hydrogen-bond donors (Lipinski definition) is 2. The van der Waals surface area contributed by atoms with E-state index in [2.05, 4.69) is 10.1 Å². The van der Waals surface area contributed by atoms with E-state index in [9.17, 15) is 0 Å². The van der Waals surface area contributed by atoms with Crippen LogP contribution in [0.5, 0.6) is 0 Å². The predicted octanol–water partition coefficient (Wildman–Crippen LogP) is 0.466. The number of aryl methyl sites for hydroxylation is 2. The number of nitrogens with zero attached hydrogens (tertiary/aromatic N) is 2. The summed E-state index contributed by atoms with van der Waals surface area (Å²) < 4.78 is 5.08. The van der Waals surface area contributed by atoms with E-state index in [1.807, 2.05) is 13.8 Å². The van der Waals surface area contributed by atoms with Crippen molar-refractivity contribution < 1.29 is 9.63 Å². The summed E-state index contributed by atoms with van der Waals surface area (Å²) in [6.07, 6.45) is 0. The quantitative estimate of drug-likeness (QED) is 0.767. The molecule has 0 radical (unpaired) electrons. The topological polar surface area (TPSA) is 75.5 Å². The van der Waals surface area contributed by atoms with Gasteiger partial charge in [0.15, 0.2) is 0 Å². The molecule has 0 bridgehead atoms. The molecule has 0 saturated carbocycles. The van der Waals surface area contributed by atoms with Crippen LogP contribution in [-0.4, -0.2) is 41.4 Å². The molecule has 5 nitrogen and oxygen atoms in total. The zero-order chi connectivity index (χ0) is 11.3. The van der Waals surface area contributed by atoms with Gasteiger partial charge in [-0.15, -0.1) is 12.4 Å². The lowest BCUT2D eigenvalue weighted by Crippen LogP contribution is -2.31. The minimum atomic E-state index is 0. The van der Waals surface area contributed by atoms with Crippen LogP contribution in [0.2, 0.25) is 0 Å². The highest BCUT2D eigenvalue weighted by atomic mass is 35.5. The van der Waals surface area contributed by atoms with Crippen LogP contribution in [-0.2, 0) is 6.54 Å². The summed E-state index contributed by atoms with van der Waals surface area (Å²) in [4.78, 5) is 2.09. The van der Waals surface area contributed by atoms with Crippen molar-refractivity contribution in [2.45, 2.75) is 20.4 Å². The number of rotatable bonds is 6. The molecular formula is C10H20ClN3O2. The molecule has 0 spiro atoms. The first-order chi connectivity index (χ1) is 7.19. The fourth-order valence-corrected chi connectivity index (χ4v) is 1.55. The fraction of sp³-hybridized carbons (Fsp3) is 0.700. The van der Waals surface area contributed by atoms with Gasteiger partial charge in [0.25, 0.3) is 0 Å². The number of aliphatic hydroxyl groups excluding tert-OH is 1. The summed E-state index contributed by atoms with van der Waals surface area (Å²) in [5.74, 6) is 0.840. The summed E-state index contributed by atoms with van der Waals surface area (Å²) in [6, 6.07) is 0. The van der Waals surface area contributed by atoms with Crippen molar-refractivity contribution in [1.82, 2.24) is 10.1 Å². The molecule has 1 heterocycles. The van der Waals surface area contributed by atoms with Crippen molar-refractivity contribution in [3.05, 3.63) is 17.0 Å². The first kappa shape index (κ1) is 15.4. The largest absolute Gasteiger partial charge is 0.395 e. The third kappa shape index (κ3) is 4.09. The van der Waals surface area contributed by atoms with Crippen LogP contribution in [0.1, 0.15) is 17.0 Å². The zero-order valence-electron chi connectivity index (χ0n) is 9.77. The van der Waals surface area contributed by atoms with Gasteiger partial charge in [0, 0.05) is 31.7 Å². The fourth-order valence-electron chi connectivity index (χ4n) is 1.55. The van der Waals surface area contributed by atoms with Crippen molar-refractivity contribution >= 4 is 12.4 Å². The van der Waals surface area contributed by atoms with Crippen LogP contribution >= 0.6 is 12.4 Å². The number of aliphatic hydroxyl groups is 1. The average molecular weight is 250 g/mol. The number of hydrogen-bond acceptors (Lipinski definition) is 5. The molecule has 1 aromatic rings. The van der Waals surface area contributed by atoms with Gasteiger partial charge in [-0.3, -0.25) is 4.90 Å². The zero-order valence-corrected chi connectivity index (χ0v) is 10.6. The Balaban J connectivity index is 0.00000225. The molecule has 1 aromatic heterocycles. The monoisotopic (exact) mass is 249 g/mol. The van der Waals surface area contributed by atoms with Crippen molar-refractivity contribution in [2.24, 2.45) is 5.73 Å². The second-order valence-electron chi connectivity index (χ2n) is 3.59. The van der Waals surface area contributed by atoms with Crippen LogP contribution in [0.4, 0.5) is 0 Å². The first-order valence-corrected chi connectivity index (χ1v) is 5.14. The Bertz CT molecular complexity index is 279. The molecule has 0 saturated heterocycles.